The van der Waals surface area contributed by atoms with E-state index < -0.39 is 0 Å². The molecule has 0 radical (unpaired) electrons. The van der Waals surface area contributed by atoms with E-state index in [0.717, 1.165) is 10.4 Å². The molecule has 0 saturated heterocycles. The molecule has 1 aromatic heterocycles. The molecule has 0 spiro atoms. The van der Waals surface area contributed by atoms with E-state index in [0.29, 0.717) is 5.70 Å². The zero-order valence-corrected chi connectivity index (χ0v) is 8.60. The Morgan fingerprint density at radius 3 is 2.71 bits per heavy atom. The second kappa shape index (κ2) is 3.31. The Morgan fingerprint density at radius 2 is 2.07 bits per heavy atom. The average molecular weight is 201 g/mol. The molecule has 2 N–H and O–H groups in total. The van der Waals surface area contributed by atoms with Crippen LogP contribution in [-0.2, 0) is 0 Å². The molecule has 0 fully saturated rings. The number of rotatable bonds is 2. The van der Waals surface area contributed by atoms with E-state index >= 15 is 0 Å². The Morgan fingerprint density at radius 1 is 1.36 bits per heavy atom. The van der Waals surface area contributed by atoms with Gasteiger partial charge in [0, 0.05) is 21.3 Å². The lowest BCUT2D eigenvalue weighted by atomic mass is 10.1. The molecule has 0 aliphatic rings. The minimum absolute atomic E-state index is 0.612. The topological polar surface area (TPSA) is 26.0 Å². The van der Waals surface area contributed by atoms with Crippen molar-refractivity contribution >= 4 is 33.2 Å². The fourth-order valence-electron chi connectivity index (χ4n) is 1.51. The molecule has 2 rings (SSSR count). The van der Waals surface area contributed by atoms with Crippen molar-refractivity contribution in [2.24, 2.45) is 5.73 Å². The normalized spacial score (nSPS) is 10.3. The van der Waals surface area contributed by atoms with Crippen LogP contribution in [0.5, 0.6) is 0 Å². The van der Waals surface area contributed by atoms with Crippen LogP contribution in [0.25, 0.3) is 21.9 Å². The quantitative estimate of drug-likeness (QED) is 0.791. The first-order valence-electron chi connectivity index (χ1n) is 4.32. The van der Waals surface area contributed by atoms with E-state index in [1.165, 1.54) is 10.1 Å². The second-order valence-corrected chi connectivity index (χ2v) is 4.12. The minimum Gasteiger partial charge on any atom is -0.398 e. The number of hydrogen-bond acceptors (Lipinski definition) is 2. The van der Waals surface area contributed by atoms with Gasteiger partial charge in [0.15, 0.2) is 0 Å². The fourth-order valence-corrected chi connectivity index (χ4v) is 2.60. The maximum atomic E-state index is 5.72. The first-order chi connectivity index (χ1) is 6.74. The van der Waals surface area contributed by atoms with Crippen LogP contribution in [0.4, 0.5) is 0 Å². The van der Waals surface area contributed by atoms with Gasteiger partial charge in [0.25, 0.3) is 0 Å². The van der Waals surface area contributed by atoms with Gasteiger partial charge in [-0.25, -0.2) is 0 Å². The van der Waals surface area contributed by atoms with E-state index in [1.54, 1.807) is 11.3 Å². The molecule has 0 amide bonds. The predicted octanol–water partition coefficient (Wildman–Crippen LogP) is 3.47. The summed E-state index contributed by atoms with van der Waals surface area (Å²) in [4.78, 5) is 1.03. The lowest BCUT2D eigenvalue weighted by molar-refractivity contribution is 1.62. The summed E-state index contributed by atoms with van der Waals surface area (Å²) in [6.45, 7) is 7.58. The minimum atomic E-state index is 0.612. The van der Waals surface area contributed by atoms with Crippen molar-refractivity contribution in [1.29, 1.82) is 0 Å². The van der Waals surface area contributed by atoms with Crippen LogP contribution in [0.1, 0.15) is 10.4 Å². The summed E-state index contributed by atoms with van der Waals surface area (Å²) < 4.78 is 1.23. The molecule has 0 aliphatic heterocycles. The van der Waals surface area contributed by atoms with E-state index in [-0.39, 0.29) is 0 Å². The molecule has 70 valence electrons. The Labute approximate surface area is 87.2 Å². The van der Waals surface area contributed by atoms with Gasteiger partial charge in [0.05, 0.1) is 4.88 Å². The van der Waals surface area contributed by atoms with Gasteiger partial charge in [-0.05, 0) is 6.07 Å². The highest BCUT2D eigenvalue weighted by Crippen LogP contribution is 2.34. The molecule has 1 heterocycles. The highest BCUT2D eigenvalue weighted by atomic mass is 32.1. The largest absolute Gasteiger partial charge is 0.398 e. The SMILES string of the molecule is C=Cc1c(C(=C)N)sc2ccccc12. The average Bonchev–Trinajstić information content (AvgIpc) is 2.56. The van der Waals surface area contributed by atoms with Crippen LogP contribution in [0.2, 0.25) is 0 Å². The highest BCUT2D eigenvalue weighted by Gasteiger charge is 2.09. The van der Waals surface area contributed by atoms with Gasteiger partial charge in [0.2, 0.25) is 0 Å². The van der Waals surface area contributed by atoms with Crippen molar-refractivity contribution in [3.8, 4) is 0 Å². The maximum absolute atomic E-state index is 5.72. The Bertz CT molecular complexity index is 508. The molecule has 1 aromatic carbocycles. The summed E-state index contributed by atoms with van der Waals surface area (Å²) in [6.07, 6.45) is 1.84. The van der Waals surface area contributed by atoms with Crippen LogP contribution < -0.4 is 5.73 Å². The van der Waals surface area contributed by atoms with E-state index in [2.05, 4.69) is 25.3 Å². The number of hydrogen-bond donors (Lipinski definition) is 1. The van der Waals surface area contributed by atoms with E-state index in [9.17, 15) is 0 Å². The fraction of sp³-hybridized carbons (Fsp3) is 0. The van der Waals surface area contributed by atoms with Gasteiger partial charge in [-0.2, -0.15) is 0 Å². The predicted molar refractivity (Wildman–Crippen MR) is 65.1 cm³/mol. The maximum Gasteiger partial charge on any atom is 0.0578 e. The monoisotopic (exact) mass is 201 g/mol. The first kappa shape index (κ1) is 9.03. The zero-order chi connectivity index (χ0) is 10.1. The van der Waals surface area contributed by atoms with E-state index in [4.69, 9.17) is 5.73 Å². The van der Waals surface area contributed by atoms with Gasteiger partial charge in [0.1, 0.15) is 0 Å². The van der Waals surface area contributed by atoms with Crippen LogP contribution in [0, 0.1) is 0 Å². The Balaban J connectivity index is 2.85. The highest BCUT2D eigenvalue weighted by molar-refractivity contribution is 7.20. The third-order valence-electron chi connectivity index (χ3n) is 2.13. The van der Waals surface area contributed by atoms with E-state index in [1.807, 2.05) is 18.2 Å². The first-order valence-corrected chi connectivity index (χ1v) is 5.14. The third kappa shape index (κ3) is 1.24. The number of fused-ring (bicyclic) bond motifs is 1. The van der Waals surface area contributed by atoms with Crippen LogP contribution in [0.3, 0.4) is 0 Å². The summed E-state index contributed by atoms with van der Waals surface area (Å²) in [5.41, 5.74) is 7.43. The molecular formula is C12H11NS. The van der Waals surface area contributed by atoms with Crippen LogP contribution in [-0.4, -0.2) is 0 Å². The van der Waals surface area contributed by atoms with Gasteiger partial charge < -0.3 is 5.73 Å². The van der Waals surface area contributed by atoms with Gasteiger partial charge in [-0.3, -0.25) is 0 Å². The van der Waals surface area contributed by atoms with Gasteiger partial charge >= 0.3 is 0 Å². The van der Waals surface area contributed by atoms with Crippen molar-refractivity contribution in [3.63, 3.8) is 0 Å². The van der Waals surface area contributed by atoms with Crippen LogP contribution in [0.15, 0.2) is 37.4 Å². The Kier molecular flexibility index (Phi) is 2.14. The molecule has 0 saturated carbocycles. The number of benzene rings is 1. The molecule has 0 aliphatic carbocycles. The third-order valence-corrected chi connectivity index (χ3v) is 3.39. The molecule has 0 atom stereocenters. The molecule has 0 unspecified atom stereocenters. The van der Waals surface area contributed by atoms with Gasteiger partial charge in [-0.15, -0.1) is 11.3 Å². The molecular weight excluding hydrogens is 190 g/mol. The van der Waals surface area contributed by atoms with Crippen molar-refractivity contribution < 1.29 is 0 Å². The summed E-state index contributed by atoms with van der Waals surface area (Å²) in [5, 5.41) is 1.20. The number of thiophene rings is 1. The zero-order valence-electron chi connectivity index (χ0n) is 7.79. The lowest BCUT2D eigenvalue weighted by Crippen LogP contribution is -1.91. The molecule has 2 heteroatoms. The molecule has 1 nitrogen and oxygen atoms in total. The number of nitrogens with two attached hydrogens (primary N) is 1. The van der Waals surface area contributed by atoms with Crippen molar-refractivity contribution in [2.45, 2.75) is 0 Å². The standard InChI is InChI=1S/C12H11NS/c1-3-9-10-6-4-5-7-11(10)14-12(9)8(2)13/h3-7H,1-2,13H2. The lowest BCUT2D eigenvalue weighted by Gasteiger charge is -1.96. The van der Waals surface area contributed by atoms with Crippen molar-refractivity contribution in [1.82, 2.24) is 0 Å². The second-order valence-electron chi connectivity index (χ2n) is 3.07. The van der Waals surface area contributed by atoms with Crippen LogP contribution >= 0.6 is 11.3 Å². The summed E-state index contributed by atoms with van der Waals surface area (Å²) >= 11 is 1.66. The summed E-state index contributed by atoms with van der Waals surface area (Å²) in [5.74, 6) is 0. The molecule has 14 heavy (non-hydrogen) atoms. The smallest absolute Gasteiger partial charge is 0.0578 e. The van der Waals surface area contributed by atoms with Crippen molar-refractivity contribution in [2.75, 3.05) is 0 Å². The Hall–Kier alpha value is -1.54. The summed E-state index contributed by atoms with van der Waals surface area (Å²) in [6, 6.07) is 8.20. The van der Waals surface area contributed by atoms with Crippen molar-refractivity contribution in [3.05, 3.63) is 47.9 Å². The summed E-state index contributed by atoms with van der Waals surface area (Å²) in [7, 11) is 0. The van der Waals surface area contributed by atoms with Gasteiger partial charge in [-0.1, -0.05) is 37.4 Å². The molecule has 0 bridgehead atoms. The molecule has 2 aromatic rings.